The summed E-state index contributed by atoms with van der Waals surface area (Å²) in [4.78, 5) is 11.6. The molecule has 29 heavy (non-hydrogen) atoms. The lowest BCUT2D eigenvalue weighted by Gasteiger charge is -2.06. The minimum absolute atomic E-state index is 0.427. The van der Waals surface area contributed by atoms with E-state index in [0.29, 0.717) is 16.5 Å². The second-order valence-corrected chi connectivity index (χ2v) is 7.62. The topological polar surface area (TPSA) is 53.6 Å². The first-order chi connectivity index (χ1) is 13.9. The third-order valence-electron chi connectivity index (χ3n) is 4.27. The maximum atomic E-state index is 12.8. The smallest absolute Gasteiger partial charge is 0.355 e. The van der Waals surface area contributed by atoms with Gasteiger partial charge in [0.15, 0.2) is 0 Å². The molecule has 0 saturated heterocycles. The zero-order valence-electron chi connectivity index (χ0n) is 15.4. The fourth-order valence-electron chi connectivity index (χ4n) is 2.82. The van der Waals surface area contributed by atoms with Gasteiger partial charge in [0.2, 0.25) is 0 Å². The van der Waals surface area contributed by atoms with Crippen LogP contribution >= 0.6 is 11.8 Å². The highest BCUT2D eigenvalue weighted by Crippen LogP contribution is 2.31. The Bertz CT molecular complexity index is 1140. The first-order valence-electron chi connectivity index (χ1n) is 8.85. The second kappa shape index (κ2) is 7.79. The maximum Gasteiger partial charge on any atom is 0.433 e. The van der Waals surface area contributed by atoms with Crippen LogP contribution in [0.15, 0.2) is 65.7 Å². The highest BCUT2D eigenvalue weighted by Gasteiger charge is 2.32. The second-order valence-electron chi connectivity index (χ2n) is 6.57. The van der Waals surface area contributed by atoms with E-state index in [1.54, 1.807) is 6.07 Å². The van der Waals surface area contributed by atoms with Crippen molar-refractivity contribution in [3.63, 3.8) is 0 Å². The quantitative estimate of drug-likeness (QED) is 0.375. The van der Waals surface area contributed by atoms with Crippen molar-refractivity contribution in [2.75, 3.05) is 5.32 Å². The molecule has 0 amide bonds. The predicted molar refractivity (Wildman–Crippen MR) is 109 cm³/mol. The van der Waals surface area contributed by atoms with Gasteiger partial charge < -0.3 is 10.3 Å². The van der Waals surface area contributed by atoms with Gasteiger partial charge in [-0.1, -0.05) is 17.7 Å². The van der Waals surface area contributed by atoms with E-state index in [2.05, 4.69) is 20.3 Å². The van der Waals surface area contributed by atoms with Crippen molar-refractivity contribution in [2.24, 2.45) is 0 Å². The number of imidazole rings is 1. The van der Waals surface area contributed by atoms with Crippen molar-refractivity contribution < 1.29 is 13.2 Å². The van der Waals surface area contributed by atoms with Gasteiger partial charge in [0.1, 0.15) is 11.5 Å². The number of halogens is 3. The Morgan fingerprint density at radius 1 is 1.00 bits per heavy atom. The molecule has 0 aliphatic heterocycles. The number of aromatic nitrogens is 3. The van der Waals surface area contributed by atoms with Gasteiger partial charge in [-0.15, -0.1) is 11.8 Å². The molecule has 0 spiro atoms. The molecule has 4 rings (SSSR count). The number of H-pyrrole nitrogens is 1. The fourth-order valence-corrected chi connectivity index (χ4v) is 3.61. The van der Waals surface area contributed by atoms with Crippen LogP contribution in [0.1, 0.15) is 17.1 Å². The van der Waals surface area contributed by atoms with Gasteiger partial charge in [-0.05, 0) is 49.4 Å². The summed E-state index contributed by atoms with van der Waals surface area (Å²) in [6.45, 7) is 2.04. The molecule has 0 aliphatic rings. The summed E-state index contributed by atoms with van der Waals surface area (Å²) in [7, 11) is 0. The molecule has 2 aromatic carbocycles. The lowest BCUT2D eigenvalue weighted by molar-refractivity contribution is -0.141. The van der Waals surface area contributed by atoms with Crippen LogP contribution in [-0.2, 0) is 11.9 Å². The van der Waals surface area contributed by atoms with Gasteiger partial charge in [-0.2, -0.15) is 13.2 Å². The molecule has 0 unspecified atom stereocenters. The number of aromatic amines is 1. The van der Waals surface area contributed by atoms with E-state index in [4.69, 9.17) is 0 Å². The third kappa shape index (κ3) is 4.71. The van der Waals surface area contributed by atoms with Crippen LogP contribution in [0.5, 0.6) is 0 Å². The number of alkyl halides is 3. The van der Waals surface area contributed by atoms with E-state index in [1.165, 1.54) is 23.5 Å². The summed E-state index contributed by atoms with van der Waals surface area (Å²) >= 11 is 1.28. The van der Waals surface area contributed by atoms with Crippen molar-refractivity contribution in [3.8, 4) is 0 Å². The predicted octanol–water partition coefficient (Wildman–Crippen LogP) is 6.32. The number of nitrogens with zero attached hydrogens (tertiary/aromatic N) is 2. The Labute approximate surface area is 169 Å². The molecule has 0 bridgehead atoms. The van der Waals surface area contributed by atoms with Crippen molar-refractivity contribution in [1.82, 2.24) is 15.0 Å². The molecule has 0 atom stereocenters. The van der Waals surface area contributed by atoms with Crippen molar-refractivity contribution in [2.45, 2.75) is 23.7 Å². The average Bonchev–Trinajstić information content (AvgIpc) is 3.10. The molecule has 4 nitrogen and oxygen atoms in total. The SMILES string of the molecule is Cc1ccc(Nc2ccc3nc(CSc4ccnc(C(F)(F)F)c4)[nH]c3c2)cc1. The molecule has 2 aromatic heterocycles. The molecule has 148 valence electrons. The number of nitrogens with one attached hydrogen (secondary N) is 2. The highest BCUT2D eigenvalue weighted by molar-refractivity contribution is 7.98. The summed E-state index contributed by atoms with van der Waals surface area (Å²) < 4.78 is 38.4. The van der Waals surface area contributed by atoms with Crippen LogP contribution < -0.4 is 5.32 Å². The van der Waals surface area contributed by atoms with E-state index in [-0.39, 0.29) is 0 Å². The average molecular weight is 414 g/mol. The summed E-state index contributed by atoms with van der Waals surface area (Å²) in [6.07, 6.45) is -3.27. The van der Waals surface area contributed by atoms with E-state index >= 15 is 0 Å². The Morgan fingerprint density at radius 2 is 1.76 bits per heavy atom. The lowest BCUT2D eigenvalue weighted by Crippen LogP contribution is -2.07. The van der Waals surface area contributed by atoms with Gasteiger partial charge in [0.05, 0.1) is 16.8 Å². The number of pyridine rings is 1. The van der Waals surface area contributed by atoms with E-state index < -0.39 is 11.9 Å². The van der Waals surface area contributed by atoms with E-state index in [1.807, 2.05) is 49.4 Å². The minimum atomic E-state index is -4.45. The zero-order valence-corrected chi connectivity index (χ0v) is 16.2. The first-order valence-corrected chi connectivity index (χ1v) is 9.84. The first kappa shape index (κ1) is 19.3. The number of aryl methyl sites for hydroxylation is 1. The summed E-state index contributed by atoms with van der Waals surface area (Å²) in [5.74, 6) is 1.12. The number of hydrogen-bond donors (Lipinski definition) is 2. The Hall–Kier alpha value is -3.00. The van der Waals surface area contributed by atoms with Crippen LogP contribution in [0.3, 0.4) is 0 Å². The van der Waals surface area contributed by atoms with E-state index in [9.17, 15) is 13.2 Å². The maximum absolute atomic E-state index is 12.8. The minimum Gasteiger partial charge on any atom is -0.355 e. The van der Waals surface area contributed by atoms with Gasteiger partial charge in [-0.3, -0.25) is 4.98 Å². The number of hydrogen-bond acceptors (Lipinski definition) is 4. The number of rotatable bonds is 5. The van der Waals surface area contributed by atoms with Gasteiger partial charge in [-0.25, -0.2) is 4.98 Å². The molecular formula is C21H17F3N4S. The van der Waals surface area contributed by atoms with Gasteiger partial charge in [0, 0.05) is 22.5 Å². The molecule has 4 aromatic rings. The number of benzene rings is 2. The molecule has 0 saturated carbocycles. The highest BCUT2D eigenvalue weighted by atomic mass is 32.2. The molecule has 0 aliphatic carbocycles. The largest absolute Gasteiger partial charge is 0.433 e. The molecule has 0 radical (unpaired) electrons. The summed E-state index contributed by atoms with van der Waals surface area (Å²) in [5, 5.41) is 3.34. The molecule has 0 fully saturated rings. The summed E-state index contributed by atoms with van der Waals surface area (Å²) in [5.41, 5.74) is 3.89. The summed E-state index contributed by atoms with van der Waals surface area (Å²) in [6, 6.07) is 16.5. The van der Waals surface area contributed by atoms with Crippen molar-refractivity contribution >= 4 is 34.2 Å². The normalized spacial score (nSPS) is 11.7. The van der Waals surface area contributed by atoms with Crippen LogP contribution in [0.4, 0.5) is 24.5 Å². The molecule has 2 N–H and O–H groups in total. The standard InChI is InChI=1S/C21H17F3N4S/c1-13-2-4-14(5-3-13)26-15-6-7-17-18(10-15)28-20(27-17)12-29-16-8-9-25-19(11-16)21(22,23)24/h2-11,26H,12H2,1H3,(H,27,28). The zero-order chi connectivity index (χ0) is 20.4. The van der Waals surface area contributed by atoms with Gasteiger partial charge >= 0.3 is 6.18 Å². The van der Waals surface area contributed by atoms with Crippen LogP contribution in [-0.4, -0.2) is 15.0 Å². The Balaban J connectivity index is 1.47. The third-order valence-corrected chi connectivity index (χ3v) is 5.27. The van der Waals surface area contributed by atoms with Crippen molar-refractivity contribution in [1.29, 1.82) is 0 Å². The number of thioether (sulfide) groups is 1. The molecule has 8 heteroatoms. The lowest BCUT2D eigenvalue weighted by atomic mass is 10.2. The Morgan fingerprint density at radius 3 is 2.52 bits per heavy atom. The Kier molecular flexibility index (Phi) is 5.19. The van der Waals surface area contributed by atoms with Crippen LogP contribution in [0.25, 0.3) is 11.0 Å². The van der Waals surface area contributed by atoms with Crippen molar-refractivity contribution in [3.05, 3.63) is 77.9 Å². The van der Waals surface area contributed by atoms with Crippen LogP contribution in [0.2, 0.25) is 0 Å². The van der Waals surface area contributed by atoms with Crippen LogP contribution in [0, 0.1) is 6.92 Å². The number of fused-ring (bicyclic) bond motifs is 1. The van der Waals surface area contributed by atoms with E-state index in [0.717, 1.165) is 28.5 Å². The molecule has 2 heterocycles. The molecular weight excluding hydrogens is 397 g/mol. The van der Waals surface area contributed by atoms with Gasteiger partial charge in [0.25, 0.3) is 0 Å². The monoisotopic (exact) mass is 414 g/mol. The number of anilines is 2. The fraction of sp³-hybridized carbons (Fsp3) is 0.143.